The molecule has 1 atom stereocenters. The van der Waals surface area contributed by atoms with Crippen molar-refractivity contribution < 1.29 is 14.6 Å². The molecule has 0 saturated heterocycles. The van der Waals surface area contributed by atoms with Crippen LogP contribution in [0.15, 0.2) is 21.9 Å². The second-order valence-corrected chi connectivity index (χ2v) is 6.31. The normalized spacial score (nSPS) is 12.7. The van der Waals surface area contributed by atoms with Gasteiger partial charge in [-0.25, -0.2) is 9.97 Å². The number of hydrogen-bond acceptors (Lipinski definition) is 5. The Bertz CT molecular complexity index is 647. The van der Waals surface area contributed by atoms with Gasteiger partial charge >= 0.3 is 5.97 Å². The van der Waals surface area contributed by atoms with Gasteiger partial charge in [0, 0.05) is 17.3 Å². The zero-order chi connectivity index (χ0) is 15.4. The lowest BCUT2D eigenvalue weighted by atomic mass is 10.3. The average Bonchev–Trinajstić information content (AvgIpc) is 2.79. The minimum Gasteiger partial charge on any atom is -0.481 e. The summed E-state index contributed by atoms with van der Waals surface area (Å²) < 4.78 is 8.24. The van der Waals surface area contributed by atoms with Crippen LogP contribution in [0.3, 0.4) is 0 Å². The maximum Gasteiger partial charge on any atom is 0.313 e. The van der Waals surface area contributed by atoms with Crippen molar-refractivity contribution >= 4 is 44.8 Å². The van der Waals surface area contributed by atoms with E-state index in [0.717, 1.165) is 15.6 Å². The van der Waals surface area contributed by atoms with Crippen LogP contribution >= 0.6 is 27.7 Å². The summed E-state index contributed by atoms with van der Waals surface area (Å²) in [6.45, 7) is 5.10. The molecule has 0 spiro atoms. The van der Waals surface area contributed by atoms with E-state index >= 15 is 0 Å². The fourth-order valence-electron chi connectivity index (χ4n) is 1.93. The molecule has 6 nitrogen and oxygen atoms in total. The number of halogens is 1. The summed E-state index contributed by atoms with van der Waals surface area (Å²) in [6.07, 6.45) is 1.71. The largest absolute Gasteiger partial charge is 0.481 e. The number of carboxylic acids is 1. The standard InChI is InChI=1S/C13H16BrN3O3S/c1-3-20-6-8(2)17-12-10(4-9(14)5-15-12)16-13(17)21-7-11(18)19/h4-5,8H,3,6-7H2,1-2H3,(H,18,19). The number of aromatic nitrogens is 3. The number of pyridine rings is 1. The highest BCUT2D eigenvalue weighted by Gasteiger charge is 2.18. The van der Waals surface area contributed by atoms with Crippen LogP contribution in [0.25, 0.3) is 11.2 Å². The van der Waals surface area contributed by atoms with Crippen molar-refractivity contribution in [2.45, 2.75) is 25.0 Å². The van der Waals surface area contributed by atoms with Gasteiger partial charge in [0.1, 0.15) is 5.52 Å². The predicted octanol–water partition coefficient (Wildman–Crippen LogP) is 2.97. The zero-order valence-electron chi connectivity index (χ0n) is 11.7. The van der Waals surface area contributed by atoms with Crippen molar-refractivity contribution in [1.82, 2.24) is 14.5 Å². The Hall–Kier alpha value is -1.12. The van der Waals surface area contributed by atoms with Gasteiger partial charge in [-0.15, -0.1) is 0 Å². The fraction of sp³-hybridized carbons (Fsp3) is 0.462. The Morgan fingerprint density at radius 1 is 1.62 bits per heavy atom. The first-order valence-electron chi connectivity index (χ1n) is 6.48. The van der Waals surface area contributed by atoms with Crippen LogP contribution in [0.4, 0.5) is 0 Å². The molecular weight excluding hydrogens is 358 g/mol. The Labute approximate surface area is 135 Å². The summed E-state index contributed by atoms with van der Waals surface area (Å²) in [4.78, 5) is 19.7. The lowest BCUT2D eigenvalue weighted by Crippen LogP contribution is -2.14. The van der Waals surface area contributed by atoms with Crippen molar-refractivity contribution in [3.8, 4) is 0 Å². The number of fused-ring (bicyclic) bond motifs is 1. The Balaban J connectivity index is 2.41. The van der Waals surface area contributed by atoms with Crippen LogP contribution in [0.1, 0.15) is 19.9 Å². The molecule has 114 valence electrons. The second-order valence-electron chi connectivity index (χ2n) is 4.45. The maximum atomic E-state index is 10.8. The first-order chi connectivity index (χ1) is 10.0. The SMILES string of the molecule is CCOCC(C)n1c(SCC(=O)O)nc2cc(Br)cnc21. The molecule has 2 heterocycles. The smallest absolute Gasteiger partial charge is 0.313 e. The quantitative estimate of drug-likeness (QED) is 0.751. The van der Waals surface area contributed by atoms with Gasteiger partial charge in [0.25, 0.3) is 0 Å². The number of aliphatic carboxylic acids is 1. The van der Waals surface area contributed by atoms with E-state index in [2.05, 4.69) is 25.9 Å². The summed E-state index contributed by atoms with van der Waals surface area (Å²) in [6, 6.07) is 1.90. The molecule has 0 bridgehead atoms. The molecule has 1 unspecified atom stereocenters. The molecule has 0 aliphatic carbocycles. The first-order valence-corrected chi connectivity index (χ1v) is 8.26. The molecule has 2 rings (SSSR count). The van der Waals surface area contributed by atoms with Gasteiger partial charge < -0.3 is 9.84 Å². The zero-order valence-corrected chi connectivity index (χ0v) is 14.1. The number of hydrogen-bond donors (Lipinski definition) is 1. The third-order valence-corrected chi connectivity index (χ3v) is 4.16. The van der Waals surface area contributed by atoms with Crippen molar-refractivity contribution in [2.24, 2.45) is 0 Å². The number of ether oxygens (including phenoxy) is 1. The molecule has 0 saturated carbocycles. The molecule has 0 aromatic carbocycles. The van der Waals surface area contributed by atoms with Gasteiger partial charge in [0.05, 0.1) is 18.4 Å². The van der Waals surface area contributed by atoms with E-state index in [1.807, 2.05) is 24.5 Å². The molecule has 0 fully saturated rings. The van der Waals surface area contributed by atoms with E-state index < -0.39 is 5.97 Å². The van der Waals surface area contributed by atoms with E-state index in [-0.39, 0.29) is 11.8 Å². The van der Waals surface area contributed by atoms with Crippen LogP contribution in [-0.2, 0) is 9.53 Å². The summed E-state index contributed by atoms with van der Waals surface area (Å²) in [5, 5.41) is 9.50. The number of carbonyl (C=O) groups is 1. The van der Waals surface area contributed by atoms with Gasteiger partial charge in [0.2, 0.25) is 0 Å². The Morgan fingerprint density at radius 2 is 2.38 bits per heavy atom. The number of carboxylic acid groups (broad SMARTS) is 1. The Morgan fingerprint density at radius 3 is 3.05 bits per heavy atom. The summed E-state index contributed by atoms with van der Waals surface area (Å²) in [5.74, 6) is -0.906. The van der Waals surface area contributed by atoms with Crippen LogP contribution in [0.5, 0.6) is 0 Å². The van der Waals surface area contributed by atoms with Gasteiger partial charge in [-0.3, -0.25) is 9.36 Å². The molecule has 0 aliphatic heterocycles. The van der Waals surface area contributed by atoms with Gasteiger partial charge in [-0.05, 0) is 35.8 Å². The van der Waals surface area contributed by atoms with E-state index in [0.29, 0.717) is 18.4 Å². The highest BCUT2D eigenvalue weighted by Crippen LogP contribution is 2.28. The summed E-state index contributed by atoms with van der Waals surface area (Å²) in [7, 11) is 0. The summed E-state index contributed by atoms with van der Waals surface area (Å²) >= 11 is 4.56. The molecule has 1 N–H and O–H groups in total. The van der Waals surface area contributed by atoms with E-state index in [1.54, 1.807) is 6.20 Å². The van der Waals surface area contributed by atoms with Gasteiger partial charge in [-0.1, -0.05) is 11.8 Å². The first kappa shape index (κ1) is 16.3. The highest BCUT2D eigenvalue weighted by atomic mass is 79.9. The highest BCUT2D eigenvalue weighted by molar-refractivity contribution is 9.10. The van der Waals surface area contributed by atoms with Crippen LogP contribution in [-0.4, -0.2) is 44.6 Å². The molecule has 0 amide bonds. The number of rotatable bonds is 7. The van der Waals surface area contributed by atoms with Crippen molar-refractivity contribution in [2.75, 3.05) is 19.0 Å². The molecule has 0 aliphatic rings. The molecule has 2 aromatic rings. The minimum atomic E-state index is -0.870. The topological polar surface area (TPSA) is 77.2 Å². The number of nitrogens with zero attached hydrogens (tertiary/aromatic N) is 3. The molecule has 8 heteroatoms. The lowest BCUT2D eigenvalue weighted by molar-refractivity contribution is -0.133. The molecule has 2 aromatic heterocycles. The number of thioether (sulfide) groups is 1. The van der Waals surface area contributed by atoms with Crippen molar-refractivity contribution in [3.63, 3.8) is 0 Å². The second kappa shape index (κ2) is 7.24. The fourth-order valence-corrected chi connectivity index (χ4v) is 3.07. The van der Waals surface area contributed by atoms with Crippen LogP contribution in [0.2, 0.25) is 0 Å². The number of imidazole rings is 1. The van der Waals surface area contributed by atoms with Crippen molar-refractivity contribution in [3.05, 3.63) is 16.7 Å². The Kier molecular flexibility index (Phi) is 5.60. The third kappa shape index (κ3) is 3.96. The van der Waals surface area contributed by atoms with Crippen molar-refractivity contribution in [1.29, 1.82) is 0 Å². The average molecular weight is 374 g/mol. The lowest BCUT2D eigenvalue weighted by Gasteiger charge is -2.16. The minimum absolute atomic E-state index is 0.0277. The summed E-state index contributed by atoms with van der Waals surface area (Å²) in [5.41, 5.74) is 1.47. The third-order valence-electron chi connectivity index (χ3n) is 2.79. The predicted molar refractivity (Wildman–Crippen MR) is 84.8 cm³/mol. The van der Waals surface area contributed by atoms with Gasteiger partial charge in [0.15, 0.2) is 10.8 Å². The maximum absolute atomic E-state index is 10.8. The van der Waals surface area contributed by atoms with Crippen LogP contribution < -0.4 is 0 Å². The van der Waals surface area contributed by atoms with E-state index in [9.17, 15) is 4.79 Å². The van der Waals surface area contributed by atoms with E-state index in [4.69, 9.17) is 9.84 Å². The van der Waals surface area contributed by atoms with Gasteiger partial charge in [-0.2, -0.15) is 0 Å². The molecule has 21 heavy (non-hydrogen) atoms. The monoisotopic (exact) mass is 373 g/mol. The molecular formula is C13H16BrN3O3S. The van der Waals surface area contributed by atoms with Crippen LogP contribution in [0, 0.1) is 0 Å². The molecule has 0 radical (unpaired) electrons. The van der Waals surface area contributed by atoms with E-state index in [1.165, 1.54) is 11.8 Å².